The number of fused-ring (bicyclic) bond motifs is 5. The highest BCUT2D eigenvalue weighted by Crippen LogP contribution is 2.59. The van der Waals surface area contributed by atoms with Gasteiger partial charge in [0.15, 0.2) is 5.60 Å². The fraction of sp³-hybridized carbons (Fsp3) is 0.400. The van der Waals surface area contributed by atoms with Crippen LogP contribution in [0.5, 0.6) is 0 Å². The monoisotopic (exact) mass is 430 g/mol. The van der Waals surface area contributed by atoms with E-state index in [1.807, 2.05) is 0 Å². The molecule has 4 rings (SSSR count). The summed E-state index contributed by atoms with van der Waals surface area (Å²) >= 11 is 0. The van der Waals surface area contributed by atoms with E-state index in [0.29, 0.717) is 0 Å². The van der Waals surface area contributed by atoms with Crippen LogP contribution in [0.1, 0.15) is 20.8 Å². The molecule has 2 bridgehead atoms. The first-order valence-corrected chi connectivity index (χ1v) is 9.37. The van der Waals surface area contributed by atoms with Crippen LogP contribution in [0.4, 0.5) is 11.4 Å². The van der Waals surface area contributed by atoms with Crippen LogP contribution >= 0.6 is 0 Å². The van der Waals surface area contributed by atoms with Crippen LogP contribution in [0.2, 0.25) is 0 Å². The second-order valence-corrected chi connectivity index (χ2v) is 7.77. The van der Waals surface area contributed by atoms with Gasteiger partial charge in [-0.2, -0.15) is 0 Å². The number of anilines is 1. The smallest absolute Gasteiger partial charge is 0.305 e. The number of non-ortho nitro benzene ring substituents is 1. The molecule has 11 nitrogen and oxygen atoms in total. The standard InChI is InChI=1S/C20H18N2O9/c1-10(23)29-18(30-11(2)24)20-8-7-19(3,31-20)14-15(20)17(26)21(16(14)25)12-5-4-6-13(9-12)22(27)28/h4-9,14-15,18H,1-3H3/t14-,15-,19-,20-/m1/s1. The van der Waals surface area contributed by atoms with Crippen LogP contribution in [0, 0.1) is 22.0 Å². The molecule has 0 aromatic heterocycles. The van der Waals surface area contributed by atoms with Crippen molar-refractivity contribution in [2.75, 3.05) is 4.90 Å². The predicted molar refractivity (Wildman–Crippen MR) is 101 cm³/mol. The van der Waals surface area contributed by atoms with E-state index in [-0.39, 0.29) is 11.4 Å². The highest BCUT2D eigenvalue weighted by molar-refractivity contribution is 6.23. The molecule has 4 atom stereocenters. The van der Waals surface area contributed by atoms with Crippen molar-refractivity contribution in [1.82, 2.24) is 0 Å². The van der Waals surface area contributed by atoms with Crippen LogP contribution in [-0.2, 0) is 33.4 Å². The summed E-state index contributed by atoms with van der Waals surface area (Å²) in [6, 6.07) is 5.13. The SMILES string of the molecule is CC(=O)OC(OC(C)=O)[C@]12C=C[C@@](C)(O1)[C@H]1C(=O)N(c3cccc([N+](=O)[O-])c3)C(=O)[C@@H]12. The van der Waals surface area contributed by atoms with Crippen molar-refractivity contribution in [2.24, 2.45) is 11.8 Å². The number of esters is 2. The van der Waals surface area contributed by atoms with E-state index in [4.69, 9.17) is 14.2 Å². The van der Waals surface area contributed by atoms with E-state index < -0.39 is 58.0 Å². The Hall–Kier alpha value is -3.60. The van der Waals surface area contributed by atoms with Gasteiger partial charge in [0.2, 0.25) is 11.8 Å². The number of nitro groups is 1. The summed E-state index contributed by atoms with van der Waals surface area (Å²) in [5, 5.41) is 11.1. The molecule has 2 fully saturated rings. The molecule has 1 aromatic carbocycles. The molecule has 2 saturated heterocycles. The molecule has 0 spiro atoms. The van der Waals surface area contributed by atoms with Crippen molar-refractivity contribution < 1.29 is 38.3 Å². The van der Waals surface area contributed by atoms with E-state index in [1.165, 1.54) is 24.3 Å². The van der Waals surface area contributed by atoms with Gasteiger partial charge < -0.3 is 14.2 Å². The molecule has 3 aliphatic heterocycles. The molecule has 1 aromatic rings. The summed E-state index contributed by atoms with van der Waals surface area (Å²) in [7, 11) is 0. The number of imide groups is 1. The highest BCUT2D eigenvalue weighted by atomic mass is 16.7. The van der Waals surface area contributed by atoms with Crippen molar-refractivity contribution in [3.8, 4) is 0 Å². The van der Waals surface area contributed by atoms with Gasteiger partial charge in [0.1, 0.15) is 0 Å². The number of amides is 2. The number of ether oxygens (including phenoxy) is 3. The van der Waals surface area contributed by atoms with Gasteiger partial charge in [-0.25, -0.2) is 4.90 Å². The lowest BCUT2D eigenvalue weighted by atomic mass is 9.72. The molecule has 11 heteroatoms. The molecule has 162 valence electrons. The zero-order chi connectivity index (χ0) is 22.7. The second-order valence-electron chi connectivity index (χ2n) is 7.77. The largest absolute Gasteiger partial charge is 0.422 e. The minimum Gasteiger partial charge on any atom is -0.422 e. The molecule has 3 heterocycles. The lowest BCUT2D eigenvalue weighted by Gasteiger charge is -2.34. The normalized spacial score (nSPS) is 30.6. The second kappa shape index (κ2) is 6.71. The number of carbonyl (C=O) groups excluding carboxylic acids is 4. The number of hydrogen-bond acceptors (Lipinski definition) is 9. The third kappa shape index (κ3) is 2.92. The van der Waals surface area contributed by atoms with Crippen LogP contribution in [0.15, 0.2) is 36.4 Å². The number of carbonyl (C=O) groups is 4. The molecular formula is C20H18N2O9. The summed E-state index contributed by atoms with van der Waals surface area (Å²) in [5.41, 5.74) is -3.19. The summed E-state index contributed by atoms with van der Waals surface area (Å²) in [5.74, 6) is -5.04. The lowest BCUT2D eigenvalue weighted by molar-refractivity contribution is -0.384. The van der Waals surface area contributed by atoms with E-state index >= 15 is 0 Å². The van der Waals surface area contributed by atoms with E-state index in [9.17, 15) is 29.3 Å². The summed E-state index contributed by atoms with van der Waals surface area (Å²) in [6.07, 6.45) is 1.43. The lowest BCUT2D eigenvalue weighted by Crippen LogP contribution is -2.52. The minimum absolute atomic E-state index is 0.0354. The van der Waals surface area contributed by atoms with Crippen LogP contribution in [-0.4, -0.2) is 46.2 Å². The molecule has 0 aliphatic carbocycles. The molecule has 0 radical (unpaired) electrons. The third-order valence-electron chi connectivity index (χ3n) is 5.69. The molecule has 3 aliphatic rings. The first-order valence-electron chi connectivity index (χ1n) is 9.37. The number of nitro benzene ring substituents is 1. The van der Waals surface area contributed by atoms with Gasteiger partial charge in [0.05, 0.1) is 28.0 Å². The Kier molecular flexibility index (Phi) is 4.47. The first kappa shape index (κ1) is 20.7. The minimum atomic E-state index is -1.71. The fourth-order valence-electron chi connectivity index (χ4n) is 4.56. The quantitative estimate of drug-likeness (QED) is 0.168. The molecule has 0 saturated carbocycles. The van der Waals surface area contributed by atoms with Gasteiger partial charge in [0.25, 0.3) is 12.0 Å². The van der Waals surface area contributed by atoms with E-state index in [1.54, 1.807) is 13.0 Å². The molecule has 0 N–H and O–H groups in total. The number of benzene rings is 1. The van der Waals surface area contributed by atoms with Gasteiger partial charge in [-0.15, -0.1) is 0 Å². The maximum atomic E-state index is 13.4. The van der Waals surface area contributed by atoms with E-state index in [2.05, 4.69) is 0 Å². The van der Waals surface area contributed by atoms with Crippen molar-refractivity contribution in [3.05, 3.63) is 46.5 Å². The van der Waals surface area contributed by atoms with Crippen molar-refractivity contribution in [1.29, 1.82) is 0 Å². The van der Waals surface area contributed by atoms with E-state index in [0.717, 1.165) is 24.8 Å². The zero-order valence-electron chi connectivity index (χ0n) is 16.8. The van der Waals surface area contributed by atoms with Gasteiger partial charge in [0, 0.05) is 26.0 Å². The molecule has 31 heavy (non-hydrogen) atoms. The van der Waals surface area contributed by atoms with Crippen molar-refractivity contribution >= 4 is 35.1 Å². The topological polar surface area (TPSA) is 142 Å². The Morgan fingerprint density at radius 3 is 2.32 bits per heavy atom. The zero-order valence-corrected chi connectivity index (χ0v) is 16.8. The summed E-state index contributed by atoms with van der Waals surface area (Å²) in [4.78, 5) is 61.4. The summed E-state index contributed by atoms with van der Waals surface area (Å²) in [6.45, 7) is 3.81. The van der Waals surface area contributed by atoms with Crippen molar-refractivity contribution in [2.45, 2.75) is 38.3 Å². The molecular weight excluding hydrogens is 412 g/mol. The third-order valence-corrected chi connectivity index (χ3v) is 5.69. The average molecular weight is 430 g/mol. The molecule has 2 amide bonds. The number of hydrogen-bond donors (Lipinski definition) is 0. The Labute approximate surface area is 175 Å². The van der Waals surface area contributed by atoms with Crippen LogP contribution in [0.25, 0.3) is 0 Å². The average Bonchev–Trinajstić information content (AvgIpc) is 3.26. The number of rotatable bonds is 5. The van der Waals surface area contributed by atoms with Gasteiger partial charge in [-0.3, -0.25) is 29.3 Å². The fourth-order valence-corrected chi connectivity index (χ4v) is 4.56. The maximum Gasteiger partial charge on any atom is 0.305 e. The summed E-state index contributed by atoms with van der Waals surface area (Å²) < 4.78 is 16.4. The Morgan fingerprint density at radius 1 is 1.13 bits per heavy atom. The first-order chi connectivity index (χ1) is 14.5. The number of nitrogens with zero attached hydrogens (tertiary/aromatic N) is 2. The Morgan fingerprint density at radius 2 is 1.74 bits per heavy atom. The predicted octanol–water partition coefficient (Wildman–Crippen LogP) is 1.25. The van der Waals surface area contributed by atoms with Gasteiger partial charge in [-0.05, 0) is 19.1 Å². The Bertz CT molecular complexity index is 1050. The maximum absolute atomic E-state index is 13.4. The highest BCUT2D eigenvalue weighted by Gasteiger charge is 2.76. The Balaban J connectivity index is 1.79. The molecule has 0 unspecified atom stereocenters. The van der Waals surface area contributed by atoms with Crippen LogP contribution < -0.4 is 4.90 Å². The van der Waals surface area contributed by atoms with Crippen molar-refractivity contribution in [3.63, 3.8) is 0 Å². The van der Waals surface area contributed by atoms with Crippen LogP contribution in [0.3, 0.4) is 0 Å². The van der Waals surface area contributed by atoms with Gasteiger partial charge >= 0.3 is 11.9 Å². The van der Waals surface area contributed by atoms with Gasteiger partial charge in [-0.1, -0.05) is 12.1 Å².